The van der Waals surface area contributed by atoms with Crippen LogP contribution in [-0.4, -0.2) is 29.1 Å². The van der Waals surface area contributed by atoms with Crippen molar-refractivity contribution in [1.82, 2.24) is 4.90 Å². The third kappa shape index (κ3) is 4.42. The molecule has 0 spiro atoms. The first-order valence-electron chi connectivity index (χ1n) is 9.33. The molecule has 1 saturated heterocycles. The fourth-order valence-electron chi connectivity index (χ4n) is 3.23. The first-order valence-corrected chi connectivity index (χ1v) is 10.1. The zero-order chi connectivity index (χ0) is 18.5. The predicted octanol–water partition coefficient (Wildman–Crippen LogP) is 4.72. The van der Waals surface area contributed by atoms with E-state index >= 15 is 0 Å². The Morgan fingerprint density at radius 2 is 1.74 bits per heavy atom. The maximum atomic E-state index is 12.4. The van der Waals surface area contributed by atoms with Crippen molar-refractivity contribution in [3.63, 3.8) is 0 Å². The topological polar surface area (TPSA) is 41.9 Å². The Labute approximate surface area is 163 Å². The molecule has 2 aromatic carbocycles. The third-order valence-corrected chi connectivity index (χ3v) is 5.72. The highest BCUT2D eigenvalue weighted by atomic mass is 32.2. The number of hydrogen-bond acceptors (Lipinski definition) is 4. The largest absolute Gasteiger partial charge is 0.488 e. The van der Waals surface area contributed by atoms with E-state index in [0.29, 0.717) is 11.5 Å². The van der Waals surface area contributed by atoms with E-state index in [1.807, 2.05) is 60.7 Å². The molecule has 2 aromatic rings. The summed E-state index contributed by atoms with van der Waals surface area (Å²) in [5.41, 5.74) is 2.02. The Kier molecular flexibility index (Phi) is 5.58. The normalized spacial score (nSPS) is 18.7. The lowest BCUT2D eigenvalue weighted by molar-refractivity contribution is -0.113. The number of para-hydroxylation sites is 1. The van der Waals surface area contributed by atoms with E-state index in [4.69, 9.17) is 4.74 Å². The van der Waals surface area contributed by atoms with Crippen molar-refractivity contribution in [2.24, 2.45) is 4.99 Å². The van der Waals surface area contributed by atoms with Crippen LogP contribution in [0.3, 0.4) is 0 Å². The molecule has 1 fully saturated rings. The number of rotatable bonds is 4. The summed E-state index contributed by atoms with van der Waals surface area (Å²) in [6.07, 6.45) is 5.50. The minimum atomic E-state index is -0.154. The predicted molar refractivity (Wildman–Crippen MR) is 111 cm³/mol. The highest BCUT2D eigenvalue weighted by molar-refractivity contribution is 8.18. The van der Waals surface area contributed by atoms with Gasteiger partial charge in [-0.05, 0) is 48.7 Å². The highest BCUT2D eigenvalue weighted by Crippen LogP contribution is 2.33. The second kappa shape index (κ2) is 8.44. The van der Waals surface area contributed by atoms with Crippen molar-refractivity contribution < 1.29 is 9.53 Å². The molecule has 2 aliphatic rings. The molecule has 0 atom stereocenters. The van der Waals surface area contributed by atoms with Crippen LogP contribution in [0, 0.1) is 0 Å². The number of carbonyl (C=O) groups is 1. The molecule has 5 heteroatoms. The molecule has 0 N–H and O–H groups in total. The van der Waals surface area contributed by atoms with Gasteiger partial charge in [-0.3, -0.25) is 4.79 Å². The Morgan fingerprint density at radius 1 is 1.00 bits per heavy atom. The summed E-state index contributed by atoms with van der Waals surface area (Å²) in [6, 6.07) is 17.9. The quantitative estimate of drug-likeness (QED) is 0.722. The number of thioether (sulfide) groups is 1. The number of piperidine rings is 1. The van der Waals surface area contributed by atoms with Gasteiger partial charge < -0.3 is 9.64 Å². The van der Waals surface area contributed by atoms with Crippen LogP contribution in [0.2, 0.25) is 0 Å². The van der Waals surface area contributed by atoms with Crippen LogP contribution in [0.1, 0.15) is 30.4 Å². The van der Waals surface area contributed by atoms with Gasteiger partial charge in [-0.1, -0.05) is 48.5 Å². The summed E-state index contributed by atoms with van der Waals surface area (Å²) in [5.74, 6) is 0.618. The lowest BCUT2D eigenvalue weighted by Gasteiger charge is -2.27. The van der Waals surface area contributed by atoms with Gasteiger partial charge in [-0.15, -0.1) is 0 Å². The van der Waals surface area contributed by atoms with E-state index in [1.54, 1.807) is 0 Å². The Balaban J connectivity index is 1.48. The zero-order valence-corrected chi connectivity index (χ0v) is 16.0. The number of likely N-dealkylation sites (tertiary alicyclic amines) is 1. The molecule has 138 valence electrons. The minimum Gasteiger partial charge on any atom is -0.488 e. The Morgan fingerprint density at radius 3 is 2.56 bits per heavy atom. The van der Waals surface area contributed by atoms with E-state index < -0.39 is 0 Å². The molecular formula is C22H22N2O2S. The van der Waals surface area contributed by atoms with E-state index in [-0.39, 0.29) is 5.91 Å². The number of amides is 1. The fourth-order valence-corrected chi connectivity index (χ4v) is 4.18. The summed E-state index contributed by atoms with van der Waals surface area (Å²) in [7, 11) is 0. The Bertz CT molecular complexity index is 871. The van der Waals surface area contributed by atoms with Crippen LogP contribution in [0.25, 0.3) is 6.08 Å². The van der Waals surface area contributed by atoms with Gasteiger partial charge in [0.05, 0.1) is 4.91 Å². The molecule has 0 aliphatic carbocycles. The van der Waals surface area contributed by atoms with Gasteiger partial charge in [-0.25, -0.2) is 0 Å². The van der Waals surface area contributed by atoms with Crippen LogP contribution in [-0.2, 0) is 11.4 Å². The van der Waals surface area contributed by atoms with Gasteiger partial charge in [0, 0.05) is 18.7 Å². The van der Waals surface area contributed by atoms with Gasteiger partial charge in [0.15, 0.2) is 5.17 Å². The smallest absolute Gasteiger partial charge is 0.286 e. The summed E-state index contributed by atoms with van der Waals surface area (Å²) >= 11 is 1.48. The lowest BCUT2D eigenvalue weighted by Crippen LogP contribution is -2.33. The highest BCUT2D eigenvalue weighted by Gasteiger charge is 2.27. The summed E-state index contributed by atoms with van der Waals surface area (Å²) in [4.78, 5) is 19.5. The molecule has 4 rings (SSSR count). The molecular weight excluding hydrogens is 356 g/mol. The van der Waals surface area contributed by atoms with Crippen LogP contribution in [0.4, 0.5) is 0 Å². The third-order valence-electron chi connectivity index (χ3n) is 4.68. The molecule has 0 unspecified atom stereocenters. The minimum absolute atomic E-state index is 0.154. The van der Waals surface area contributed by atoms with E-state index in [1.165, 1.54) is 31.0 Å². The summed E-state index contributed by atoms with van der Waals surface area (Å²) in [6.45, 7) is 2.48. The molecule has 2 aliphatic heterocycles. The van der Waals surface area contributed by atoms with E-state index in [2.05, 4.69) is 9.89 Å². The van der Waals surface area contributed by atoms with Gasteiger partial charge in [0.25, 0.3) is 5.91 Å². The van der Waals surface area contributed by atoms with Gasteiger partial charge in [0.2, 0.25) is 0 Å². The van der Waals surface area contributed by atoms with Crippen LogP contribution < -0.4 is 4.74 Å². The fraction of sp³-hybridized carbons (Fsp3) is 0.273. The van der Waals surface area contributed by atoms with Crippen LogP contribution >= 0.6 is 11.8 Å². The maximum absolute atomic E-state index is 12.4. The average molecular weight is 378 g/mol. The average Bonchev–Trinajstić information content (AvgIpc) is 3.09. The van der Waals surface area contributed by atoms with Gasteiger partial charge >= 0.3 is 0 Å². The van der Waals surface area contributed by atoms with Crippen molar-refractivity contribution in [3.05, 3.63) is 70.6 Å². The first kappa shape index (κ1) is 17.9. The molecule has 27 heavy (non-hydrogen) atoms. The molecule has 2 heterocycles. The zero-order valence-electron chi connectivity index (χ0n) is 15.1. The van der Waals surface area contributed by atoms with Crippen molar-refractivity contribution in [3.8, 4) is 5.75 Å². The number of carbonyl (C=O) groups excluding carboxylic acids is 1. The van der Waals surface area contributed by atoms with E-state index in [9.17, 15) is 4.79 Å². The second-order valence-corrected chi connectivity index (χ2v) is 7.68. The number of ether oxygens (including phenoxy) is 1. The SMILES string of the molecule is O=C1N=C(N2CCCCC2)SC1=Cc1ccccc1OCc1ccccc1. The monoisotopic (exact) mass is 378 g/mol. The molecule has 1 amide bonds. The number of amidine groups is 1. The number of nitrogens with zero attached hydrogens (tertiary/aromatic N) is 2. The van der Waals surface area contributed by atoms with Crippen LogP contribution in [0.15, 0.2) is 64.5 Å². The molecule has 0 radical (unpaired) electrons. The number of hydrogen-bond donors (Lipinski definition) is 0. The van der Waals surface area contributed by atoms with Crippen LogP contribution in [0.5, 0.6) is 5.75 Å². The maximum Gasteiger partial charge on any atom is 0.286 e. The molecule has 0 bridgehead atoms. The second-order valence-electron chi connectivity index (χ2n) is 6.67. The lowest BCUT2D eigenvalue weighted by atomic mass is 10.1. The molecule has 0 aromatic heterocycles. The van der Waals surface area contributed by atoms with E-state index in [0.717, 1.165) is 35.1 Å². The standard InChI is InChI=1S/C22H22N2O2S/c25-21-20(27-22(23-21)24-13-7-2-8-14-24)15-18-11-5-6-12-19(18)26-16-17-9-3-1-4-10-17/h1,3-6,9-12,15H,2,7-8,13-14,16H2. The van der Waals surface area contributed by atoms with Crippen molar-refractivity contribution >= 4 is 28.9 Å². The first-order chi connectivity index (χ1) is 13.3. The Hall–Kier alpha value is -2.53. The van der Waals surface area contributed by atoms with Crippen molar-refractivity contribution in [2.45, 2.75) is 25.9 Å². The van der Waals surface area contributed by atoms with Gasteiger partial charge in [0.1, 0.15) is 12.4 Å². The van der Waals surface area contributed by atoms with Crippen molar-refractivity contribution in [1.29, 1.82) is 0 Å². The molecule has 0 saturated carbocycles. The number of aliphatic imine (C=N–C) groups is 1. The number of benzene rings is 2. The van der Waals surface area contributed by atoms with Gasteiger partial charge in [-0.2, -0.15) is 4.99 Å². The van der Waals surface area contributed by atoms with Crippen molar-refractivity contribution in [2.75, 3.05) is 13.1 Å². The summed E-state index contributed by atoms with van der Waals surface area (Å²) < 4.78 is 6.00. The summed E-state index contributed by atoms with van der Waals surface area (Å²) in [5, 5.41) is 0.841. The molecule has 4 nitrogen and oxygen atoms in total.